The largest absolute Gasteiger partial charge is 0.371 e. The van der Waals surface area contributed by atoms with Crippen LogP contribution in [0.2, 0.25) is 0 Å². The summed E-state index contributed by atoms with van der Waals surface area (Å²) in [6, 6.07) is 9.75. The average molecular weight is 374 g/mol. The molecule has 3 aromatic rings. The molecule has 142 valence electrons. The summed E-state index contributed by atoms with van der Waals surface area (Å²) in [5.74, 6) is -0.419. The zero-order valence-electron chi connectivity index (χ0n) is 15.7. The smallest absolute Gasteiger partial charge is 0.261 e. The minimum absolute atomic E-state index is 0.209. The van der Waals surface area contributed by atoms with Crippen molar-refractivity contribution in [3.8, 4) is 0 Å². The minimum Gasteiger partial charge on any atom is -0.371 e. The van der Waals surface area contributed by atoms with Gasteiger partial charge in [0.15, 0.2) is 0 Å². The third-order valence-electron chi connectivity index (χ3n) is 5.81. The number of hydrogen-bond acceptors (Lipinski definition) is 4. The quantitative estimate of drug-likeness (QED) is 0.658. The molecule has 2 aliphatic heterocycles. The Balaban J connectivity index is 1.55. The Labute approximate surface area is 163 Å². The number of piperidine rings is 1. The standard InChI is InChI=1S/C22H22N4O2/c27-21-17-6-4-5-16-19(25-10-2-1-3-11-25)8-7-18(20(16)17)22(28)26(21)14-13-24-12-9-23-15-24/h4-9,12,15H,1-3,10-11,13-14H2. The molecule has 2 amide bonds. The highest BCUT2D eigenvalue weighted by molar-refractivity contribution is 6.26. The van der Waals surface area contributed by atoms with Gasteiger partial charge in [-0.05, 0) is 37.5 Å². The van der Waals surface area contributed by atoms with E-state index >= 15 is 0 Å². The first-order valence-corrected chi connectivity index (χ1v) is 9.86. The second kappa shape index (κ2) is 6.78. The molecular formula is C22H22N4O2. The fourth-order valence-electron chi connectivity index (χ4n) is 4.38. The van der Waals surface area contributed by atoms with Crippen LogP contribution < -0.4 is 4.90 Å². The van der Waals surface area contributed by atoms with E-state index in [1.165, 1.54) is 24.2 Å². The van der Waals surface area contributed by atoms with Crippen LogP contribution in [-0.4, -0.2) is 45.9 Å². The first-order chi connectivity index (χ1) is 13.7. The van der Waals surface area contributed by atoms with Gasteiger partial charge in [-0.1, -0.05) is 12.1 Å². The van der Waals surface area contributed by atoms with Crippen molar-refractivity contribution in [3.05, 3.63) is 60.2 Å². The number of anilines is 1. The molecule has 2 aromatic carbocycles. The number of benzene rings is 2. The Morgan fingerprint density at radius 1 is 0.893 bits per heavy atom. The summed E-state index contributed by atoms with van der Waals surface area (Å²) in [4.78, 5) is 34.0. The normalized spacial score (nSPS) is 16.9. The molecule has 0 saturated carbocycles. The maximum atomic E-state index is 13.1. The second-order valence-corrected chi connectivity index (χ2v) is 7.47. The summed E-state index contributed by atoms with van der Waals surface area (Å²) < 4.78 is 1.87. The molecule has 0 spiro atoms. The lowest BCUT2D eigenvalue weighted by Gasteiger charge is -2.32. The lowest BCUT2D eigenvalue weighted by atomic mass is 9.92. The van der Waals surface area contributed by atoms with Crippen LogP contribution in [0.4, 0.5) is 5.69 Å². The molecule has 5 rings (SSSR count). The Hall–Kier alpha value is -3.15. The van der Waals surface area contributed by atoms with Gasteiger partial charge < -0.3 is 9.47 Å². The third-order valence-corrected chi connectivity index (χ3v) is 5.81. The van der Waals surface area contributed by atoms with E-state index in [2.05, 4.69) is 16.0 Å². The molecule has 6 nitrogen and oxygen atoms in total. The van der Waals surface area contributed by atoms with Crippen LogP contribution in [0.15, 0.2) is 49.1 Å². The Bertz CT molecular complexity index is 1030. The maximum Gasteiger partial charge on any atom is 0.261 e. The lowest BCUT2D eigenvalue weighted by molar-refractivity contribution is 0.0605. The number of nitrogens with zero attached hydrogens (tertiary/aromatic N) is 4. The molecule has 1 fully saturated rings. The van der Waals surface area contributed by atoms with Crippen LogP contribution in [0.3, 0.4) is 0 Å². The van der Waals surface area contributed by atoms with Crippen molar-refractivity contribution in [3.63, 3.8) is 0 Å². The number of hydrogen-bond donors (Lipinski definition) is 0. The molecule has 0 radical (unpaired) electrons. The molecule has 0 aliphatic carbocycles. The van der Waals surface area contributed by atoms with E-state index in [1.807, 2.05) is 35.0 Å². The zero-order valence-corrected chi connectivity index (χ0v) is 15.7. The van der Waals surface area contributed by atoms with Gasteiger partial charge in [0.05, 0.1) is 6.33 Å². The first-order valence-electron chi connectivity index (χ1n) is 9.86. The van der Waals surface area contributed by atoms with E-state index in [4.69, 9.17) is 0 Å². The molecular weight excluding hydrogens is 352 g/mol. The summed E-state index contributed by atoms with van der Waals surface area (Å²) in [5, 5.41) is 1.81. The fourth-order valence-corrected chi connectivity index (χ4v) is 4.38. The van der Waals surface area contributed by atoms with Crippen molar-refractivity contribution in [1.29, 1.82) is 0 Å². The molecule has 2 aliphatic rings. The van der Waals surface area contributed by atoms with Crippen LogP contribution >= 0.6 is 0 Å². The lowest BCUT2D eigenvalue weighted by Crippen LogP contribution is -2.42. The fraction of sp³-hybridized carbons (Fsp3) is 0.318. The molecule has 0 unspecified atom stereocenters. The van der Waals surface area contributed by atoms with Crippen molar-refractivity contribution in [2.75, 3.05) is 24.5 Å². The highest BCUT2D eigenvalue weighted by atomic mass is 16.2. The number of rotatable bonds is 4. The van der Waals surface area contributed by atoms with Gasteiger partial charge in [0.1, 0.15) is 0 Å². The van der Waals surface area contributed by atoms with Crippen LogP contribution in [0, 0.1) is 0 Å². The minimum atomic E-state index is -0.209. The van der Waals surface area contributed by atoms with E-state index in [0.717, 1.165) is 29.5 Å². The Morgan fingerprint density at radius 3 is 2.43 bits per heavy atom. The number of amides is 2. The predicted molar refractivity (Wildman–Crippen MR) is 108 cm³/mol. The first kappa shape index (κ1) is 17.0. The van der Waals surface area contributed by atoms with Gasteiger partial charge in [-0.2, -0.15) is 0 Å². The van der Waals surface area contributed by atoms with Crippen LogP contribution in [0.25, 0.3) is 10.8 Å². The van der Waals surface area contributed by atoms with Crippen LogP contribution in [-0.2, 0) is 6.54 Å². The topological polar surface area (TPSA) is 58.4 Å². The third kappa shape index (κ3) is 2.68. The summed E-state index contributed by atoms with van der Waals surface area (Å²) in [6.07, 6.45) is 8.85. The SMILES string of the molecule is O=C1c2cccc3c(N4CCCCC4)ccc(c23)C(=O)N1CCn1ccnc1. The molecule has 0 atom stereocenters. The van der Waals surface area contributed by atoms with Crippen LogP contribution in [0.1, 0.15) is 40.0 Å². The van der Waals surface area contributed by atoms with Gasteiger partial charge in [0.25, 0.3) is 11.8 Å². The van der Waals surface area contributed by atoms with Gasteiger partial charge in [-0.25, -0.2) is 4.98 Å². The zero-order chi connectivity index (χ0) is 19.1. The summed E-state index contributed by atoms with van der Waals surface area (Å²) >= 11 is 0. The number of aromatic nitrogens is 2. The van der Waals surface area contributed by atoms with E-state index in [0.29, 0.717) is 24.2 Å². The van der Waals surface area contributed by atoms with Crippen LogP contribution in [0.5, 0.6) is 0 Å². The summed E-state index contributed by atoms with van der Waals surface area (Å²) in [7, 11) is 0. The van der Waals surface area contributed by atoms with E-state index in [9.17, 15) is 9.59 Å². The molecule has 0 bridgehead atoms. The monoisotopic (exact) mass is 374 g/mol. The van der Waals surface area contributed by atoms with Crippen molar-refractivity contribution < 1.29 is 9.59 Å². The van der Waals surface area contributed by atoms with Gasteiger partial charge in [-0.3, -0.25) is 14.5 Å². The highest BCUT2D eigenvalue weighted by Crippen LogP contribution is 2.36. The molecule has 0 N–H and O–H groups in total. The molecule has 28 heavy (non-hydrogen) atoms. The Kier molecular flexibility index (Phi) is 4.11. The van der Waals surface area contributed by atoms with E-state index < -0.39 is 0 Å². The van der Waals surface area contributed by atoms with Crippen molar-refractivity contribution in [2.45, 2.75) is 25.8 Å². The van der Waals surface area contributed by atoms with Gasteiger partial charge in [-0.15, -0.1) is 0 Å². The van der Waals surface area contributed by atoms with Gasteiger partial charge >= 0.3 is 0 Å². The highest BCUT2D eigenvalue weighted by Gasteiger charge is 2.33. The maximum absolute atomic E-state index is 13.1. The molecule has 6 heteroatoms. The number of imidazole rings is 1. The van der Waals surface area contributed by atoms with Gasteiger partial charge in [0, 0.05) is 66.2 Å². The van der Waals surface area contributed by atoms with Crippen molar-refractivity contribution >= 4 is 28.3 Å². The molecule has 1 saturated heterocycles. The second-order valence-electron chi connectivity index (χ2n) is 7.47. The predicted octanol–water partition coefficient (Wildman–Crippen LogP) is 3.32. The summed E-state index contributed by atoms with van der Waals surface area (Å²) in [5.41, 5.74) is 2.38. The number of carbonyl (C=O) groups is 2. The number of carbonyl (C=O) groups excluding carboxylic acids is 2. The van der Waals surface area contributed by atoms with E-state index in [-0.39, 0.29) is 11.8 Å². The molecule has 1 aromatic heterocycles. The van der Waals surface area contributed by atoms with Crippen molar-refractivity contribution in [2.24, 2.45) is 0 Å². The van der Waals surface area contributed by atoms with E-state index in [1.54, 1.807) is 12.5 Å². The van der Waals surface area contributed by atoms with Gasteiger partial charge in [0.2, 0.25) is 0 Å². The van der Waals surface area contributed by atoms with Crippen molar-refractivity contribution in [1.82, 2.24) is 14.5 Å². The molecule has 3 heterocycles. The average Bonchev–Trinajstić information content (AvgIpc) is 3.26. The summed E-state index contributed by atoms with van der Waals surface area (Å²) in [6.45, 7) is 2.92. The number of imide groups is 1. The Morgan fingerprint density at radius 2 is 1.68 bits per heavy atom.